The molecule has 0 amide bonds. The molecule has 0 spiro atoms. The van der Waals surface area contributed by atoms with Gasteiger partial charge in [0.2, 0.25) is 6.79 Å². The minimum atomic E-state index is -0.350. The minimum Gasteiger partial charge on any atom is -0.454 e. The van der Waals surface area contributed by atoms with Crippen LogP contribution in [-0.4, -0.2) is 23.2 Å². The molecule has 2 aliphatic heterocycles. The van der Waals surface area contributed by atoms with E-state index in [1.165, 1.54) is 22.3 Å². The van der Waals surface area contributed by atoms with Gasteiger partial charge in [0, 0.05) is 37.2 Å². The van der Waals surface area contributed by atoms with Gasteiger partial charge in [-0.2, -0.15) is 0 Å². The molecule has 6 nitrogen and oxygen atoms in total. The van der Waals surface area contributed by atoms with Gasteiger partial charge in [0.1, 0.15) is 0 Å². The van der Waals surface area contributed by atoms with Crippen LogP contribution in [0.1, 0.15) is 60.5 Å². The molecule has 182 valence electrons. The third-order valence-electron chi connectivity index (χ3n) is 7.17. The largest absolute Gasteiger partial charge is 0.454 e. The van der Waals surface area contributed by atoms with E-state index >= 15 is 0 Å². The average molecular weight is 473 g/mol. The number of nitrogens with zero attached hydrogens (tertiary/aromatic N) is 2. The molecule has 2 atom stereocenters. The lowest BCUT2D eigenvalue weighted by molar-refractivity contribution is -0.384. The smallest absolute Gasteiger partial charge is 0.269 e. The highest BCUT2D eigenvalue weighted by Crippen LogP contribution is 2.45. The van der Waals surface area contributed by atoms with E-state index in [0.29, 0.717) is 5.92 Å². The zero-order valence-electron chi connectivity index (χ0n) is 20.6. The van der Waals surface area contributed by atoms with E-state index in [1.54, 1.807) is 12.1 Å². The second-order valence-electron chi connectivity index (χ2n) is 10.1. The van der Waals surface area contributed by atoms with E-state index < -0.39 is 0 Å². The summed E-state index contributed by atoms with van der Waals surface area (Å²) in [6, 6.07) is 20.5. The molecule has 0 N–H and O–H groups in total. The first kappa shape index (κ1) is 23.4. The summed E-state index contributed by atoms with van der Waals surface area (Å²) in [6.07, 6.45) is 2.01. The molecule has 0 aromatic heterocycles. The summed E-state index contributed by atoms with van der Waals surface area (Å²) in [4.78, 5) is 13.2. The lowest BCUT2D eigenvalue weighted by atomic mass is 9.81. The Bertz CT molecular complexity index is 1200. The van der Waals surface area contributed by atoms with Crippen molar-refractivity contribution >= 4 is 5.69 Å². The highest BCUT2D eigenvalue weighted by Gasteiger charge is 2.34. The maximum absolute atomic E-state index is 11.1. The van der Waals surface area contributed by atoms with Crippen LogP contribution in [0.2, 0.25) is 0 Å². The molecule has 2 unspecified atom stereocenters. The minimum absolute atomic E-state index is 0.122. The molecule has 0 fully saturated rings. The predicted molar refractivity (Wildman–Crippen MR) is 136 cm³/mol. The van der Waals surface area contributed by atoms with Crippen LogP contribution >= 0.6 is 0 Å². The molecular formula is C29H32N2O4. The molecular weight excluding hydrogens is 440 g/mol. The Labute approximate surface area is 206 Å². The second kappa shape index (κ2) is 9.70. The maximum atomic E-state index is 11.1. The summed E-state index contributed by atoms with van der Waals surface area (Å²) in [7, 11) is 0. The van der Waals surface area contributed by atoms with E-state index in [9.17, 15) is 10.1 Å². The fraction of sp³-hybridized carbons (Fsp3) is 0.379. The summed E-state index contributed by atoms with van der Waals surface area (Å²) in [6.45, 7) is 8.69. The van der Waals surface area contributed by atoms with Gasteiger partial charge in [-0.1, -0.05) is 57.2 Å². The first-order valence-corrected chi connectivity index (χ1v) is 12.4. The molecule has 6 heteroatoms. The molecule has 5 rings (SSSR count). The topological polar surface area (TPSA) is 64.8 Å². The van der Waals surface area contributed by atoms with Crippen LogP contribution in [0.3, 0.4) is 0 Å². The average Bonchev–Trinajstić information content (AvgIpc) is 3.30. The number of hydrogen-bond acceptors (Lipinski definition) is 5. The van der Waals surface area contributed by atoms with Crippen LogP contribution in [0.15, 0.2) is 60.7 Å². The maximum Gasteiger partial charge on any atom is 0.269 e. The highest BCUT2D eigenvalue weighted by molar-refractivity contribution is 5.51. The SMILES string of the molecule is CC(C)Cc1ccc(C(C)C2c3cc4c(cc3CCN2Cc2ccc([N+](=O)[O-])cc2)OCO4)cc1. The van der Waals surface area contributed by atoms with Crippen molar-refractivity contribution in [3.8, 4) is 11.5 Å². The summed E-state index contributed by atoms with van der Waals surface area (Å²) < 4.78 is 11.4. The van der Waals surface area contributed by atoms with Crippen LogP contribution in [0, 0.1) is 16.0 Å². The van der Waals surface area contributed by atoms with Gasteiger partial charge in [-0.3, -0.25) is 15.0 Å². The molecule has 0 radical (unpaired) electrons. The summed E-state index contributed by atoms with van der Waals surface area (Å²) in [5, 5.41) is 11.1. The van der Waals surface area contributed by atoms with Gasteiger partial charge in [0.15, 0.2) is 11.5 Å². The molecule has 3 aromatic carbocycles. The van der Waals surface area contributed by atoms with Crippen molar-refractivity contribution in [2.45, 2.75) is 52.1 Å². The Morgan fingerprint density at radius 1 is 0.971 bits per heavy atom. The Kier molecular flexibility index (Phi) is 6.48. The van der Waals surface area contributed by atoms with Gasteiger partial charge in [-0.15, -0.1) is 0 Å². The predicted octanol–water partition coefficient (Wildman–Crippen LogP) is 6.43. The number of non-ortho nitro benzene ring substituents is 1. The highest BCUT2D eigenvalue weighted by atomic mass is 16.7. The first-order chi connectivity index (χ1) is 16.9. The van der Waals surface area contributed by atoms with Gasteiger partial charge in [-0.05, 0) is 58.7 Å². The van der Waals surface area contributed by atoms with Crippen LogP contribution in [0.5, 0.6) is 11.5 Å². The number of nitro benzene ring substituents is 1. The van der Waals surface area contributed by atoms with Crippen molar-refractivity contribution in [1.82, 2.24) is 4.90 Å². The molecule has 0 bridgehead atoms. The fourth-order valence-corrected chi connectivity index (χ4v) is 5.42. The lowest BCUT2D eigenvalue weighted by Gasteiger charge is -2.41. The van der Waals surface area contributed by atoms with Crippen LogP contribution in [0.25, 0.3) is 0 Å². The number of ether oxygens (including phenoxy) is 2. The third-order valence-corrected chi connectivity index (χ3v) is 7.17. The summed E-state index contributed by atoms with van der Waals surface area (Å²) >= 11 is 0. The normalized spacial score (nSPS) is 17.9. The van der Waals surface area contributed by atoms with Crippen molar-refractivity contribution < 1.29 is 14.4 Å². The second-order valence-corrected chi connectivity index (χ2v) is 10.1. The van der Waals surface area contributed by atoms with E-state index in [2.05, 4.69) is 62.1 Å². The van der Waals surface area contributed by atoms with Gasteiger partial charge >= 0.3 is 0 Å². The first-order valence-electron chi connectivity index (χ1n) is 12.4. The number of nitro groups is 1. The van der Waals surface area contributed by atoms with Crippen molar-refractivity contribution in [1.29, 1.82) is 0 Å². The van der Waals surface area contributed by atoms with Gasteiger partial charge in [0.25, 0.3) is 5.69 Å². The monoisotopic (exact) mass is 472 g/mol. The molecule has 0 saturated heterocycles. The standard InChI is InChI=1S/C29H32N2O4/c1-19(2)14-21-4-8-23(9-5-21)20(3)29-26-16-28-27(34-18-35-28)15-24(26)12-13-30(29)17-22-6-10-25(11-7-22)31(32)33/h4-11,15-16,19-20,29H,12-14,17-18H2,1-3H3. The number of hydrogen-bond donors (Lipinski definition) is 0. The quantitative estimate of drug-likeness (QED) is 0.293. The van der Waals surface area contributed by atoms with Gasteiger partial charge < -0.3 is 9.47 Å². The molecule has 2 aliphatic rings. The molecule has 0 saturated carbocycles. The number of rotatable bonds is 7. The summed E-state index contributed by atoms with van der Waals surface area (Å²) in [5.74, 6) is 2.52. The van der Waals surface area contributed by atoms with E-state index in [0.717, 1.165) is 43.0 Å². The molecule has 0 aliphatic carbocycles. The summed E-state index contributed by atoms with van der Waals surface area (Å²) in [5.41, 5.74) is 6.46. The van der Waals surface area contributed by atoms with Crippen molar-refractivity contribution in [3.05, 3.63) is 98.6 Å². The molecule has 3 aromatic rings. The van der Waals surface area contributed by atoms with Gasteiger partial charge in [0.05, 0.1) is 4.92 Å². The Balaban J connectivity index is 1.48. The van der Waals surface area contributed by atoms with E-state index in [1.807, 2.05) is 12.1 Å². The number of fused-ring (bicyclic) bond motifs is 2. The Morgan fingerprint density at radius 2 is 1.63 bits per heavy atom. The fourth-order valence-electron chi connectivity index (χ4n) is 5.42. The zero-order valence-corrected chi connectivity index (χ0v) is 20.6. The van der Waals surface area contributed by atoms with E-state index in [-0.39, 0.29) is 29.4 Å². The van der Waals surface area contributed by atoms with Crippen LogP contribution in [-0.2, 0) is 19.4 Å². The molecule has 35 heavy (non-hydrogen) atoms. The number of benzene rings is 3. The van der Waals surface area contributed by atoms with E-state index in [4.69, 9.17) is 9.47 Å². The third kappa shape index (κ3) is 4.89. The van der Waals surface area contributed by atoms with Crippen LogP contribution in [0.4, 0.5) is 5.69 Å². The zero-order chi connectivity index (χ0) is 24.5. The van der Waals surface area contributed by atoms with Crippen molar-refractivity contribution in [3.63, 3.8) is 0 Å². The Morgan fingerprint density at radius 3 is 2.29 bits per heavy atom. The molecule has 2 heterocycles. The van der Waals surface area contributed by atoms with Gasteiger partial charge in [-0.25, -0.2) is 0 Å². The van der Waals surface area contributed by atoms with Crippen LogP contribution < -0.4 is 9.47 Å². The van der Waals surface area contributed by atoms with Crippen molar-refractivity contribution in [2.75, 3.05) is 13.3 Å². The van der Waals surface area contributed by atoms with Crippen molar-refractivity contribution in [2.24, 2.45) is 5.92 Å². The Hall–Kier alpha value is -3.38. The lowest BCUT2D eigenvalue weighted by Crippen LogP contribution is -2.37.